The van der Waals surface area contributed by atoms with Gasteiger partial charge in [0.1, 0.15) is 11.5 Å². The monoisotopic (exact) mass is 417 g/mol. The number of carbonyl (C=O) groups excluding carboxylic acids is 1. The summed E-state index contributed by atoms with van der Waals surface area (Å²) in [6.45, 7) is 0. The molecule has 7 nitrogen and oxygen atoms in total. The number of nitro groups is 1. The molecule has 0 spiro atoms. The maximum absolute atomic E-state index is 12.1. The second kappa shape index (κ2) is 8.60. The SMILES string of the molecule is O=C(Nc1ccc(Oc2ccc([N+](=O)[O-])cc2)cc1)Nc1c(Cl)cccc1Cl. The van der Waals surface area contributed by atoms with Crippen LogP contribution in [0.2, 0.25) is 10.0 Å². The second-order valence-corrected chi connectivity index (χ2v) is 6.37. The van der Waals surface area contributed by atoms with Gasteiger partial charge in [-0.2, -0.15) is 0 Å². The molecular weight excluding hydrogens is 405 g/mol. The molecule has 142 valence electrons. The molecule has 0 aliphatic carbocycles. The molecule has 28 heavy (non-hydrogen) atoms. The lowest BCUT2D eigenvalue weighted by molar-refractivity contribution is -0.384. The van der Waals surface area contributed by atoms with E-state index in [0.29, 0.717) is 32.9 Å². The molecule has 0 aliphatic heterocycles. The molecule has 0 fully saturated rings. The number of halogens is 2. The van der Waals surface area contributed by atoms with E-state index in [9.17, 15) is 14.9 Å². The van der Waals surface area contributed by atoms with Crippen molar-refractivity contribution < 1.29 is 14.5 Å². The topological polar surface area (TPSA) is 93.5 Å². The number of urea groups is 1. The number of hydrogen-bond acceptors (Lipinski definition) is 4. The molecule has 0 aliphatic rings. The smallest absolute Gasteiger partial charge is 0.323 e. The van der Waals surface area contributed by atoms with E-state index in [2.05, 4.69) is 10.6 Å². The Hall–Kier alpha value is -3.29. The van der Waals surface area contributed by atoms with Crippen LogP contribution in [0.15, 0.2) is 66.7 Å². The zero-order valence-corrected chi connectivity index (χ0v) is 15.7. The minimum absolute atomic E-state index is 0.0171. The van der Waals surface area contributed by atoms with Crippen molar-refractivity contribution >= 4 is 46.3 Å². The number of nitrogens with one attached hydrogen (secondary N) is 2. The number of amides is 2. The van der Waals surface area contributed by atoms with Gasteiger partial charge in [0.05, 0.1) is 20.7 Å². The van der Waals surface area contributed by atoms with Gasteiger partial charge >= 0.3 is 6.03 Å². The van der Waals surface area contributed by atoms with Crippen LogP contribution in [-0.4, -0.2) is 11.0 Å². The number of anilines is 2. The number of nitro benzene ring substituents is 1. The lowest BCUT2D eigenvalue weighted by Crippen LogP contribution is -2.19. The minimum atomic E-state index is -0.501. The highest BCUT2D eigenvalue weighted by Crippen LogP contribution is 2.30. The van der Waals surface area contributed by atoms with E-state index in [1.807, 2.05) is 0 Å². The predicted octanol–water partition coefficient (Wildman–Crippen LogP) is 6.34. The number of rotatable bonds is 5. The van der Waals surface area contributed by atoms with Crippen molar-refractivity contribution in [2.75, 3.05) is 10.6 Å². The average Bonchev–Trinajstić information content (AvgIpc) is 2.67. The first-order valence-electron chi connectivity index (χ1n) is 7.97. The molecule has 2 N–H and O–H groups in total. The van der Waals surface area contributed by atoms with Gasteiger partial charge in [0.25, 0.3) is 5.69 Å². The van der Waals surface area contributed by atoms with Gasteiger partial charge in [-0.15, -0.1) is 0 Å². The van der Waals surface area contributed by atoms with Crippen molar-refractivity contribution in [3.63, 3.8) is 0 Å². The zero-order chi connectivity index (χ0) is 20.1. The van der Waals surface area contributed by atoms with E-state index in [0.717, 1.165) is 0 Å². The predicted molar refractivity (Wildman–Crippen MR) is 109 cm³/mol. The number of non-ortho nitro benzene ring substituents is 1. The molecule has 0 bridgehead atoms. The molecule has 0 saturated heterocycles. The van der Waals surface area contributed by atoms with E-state index in [1.165, 1.54) is 24.3 Å². The molecule has 0 aromatic heterocycles. The van der Waals surface area contributed by atoms with Crippen molar-refractivity contribution in [2.45, 2.75) is 0 Å². The Morgan fingerprint density at radius 2 is 1.39 bits per heavy atom. The molecule has 0 heterocycles. The summed E-state index contributed by atoms with van der Waals surface area (Å²) in [6.07, 6.45) is 0. The van der Waals surface area contributed by atoms with E-state index in [4.69, 9.17) is 27.9 Å². The third-order valence-electron chi connectivity index (χ3n) is 3.60. The van der Waals surface area contributed by atoms with Gasteiger partial charge in [0, 0.05) is 17.8 Å². The highest BCUT2D eigenvalue weighted by molar-refractivity contribution is 6.39. The Labute approximate surface area is 170 Å². The van der Waals surface area contributed by atoms with Gasteiger partial charge < -0.3 is 15.4 Å². The van der Waals surface area contributed by atoms with Crippen LogP contribution in [0.1, 0.15) is 0 Å². The van der Waals surface area contributed by atoms with Gasteiger partial charge in [0.15, 0.2) is 0 Å². The quantitative estimate of drug-likeness (QED) is 0.374. The lowest BCUT2D eigenvalue weighted by atomic mass is 10.3. The van der Waals surface area contributed by atoms with Crippen molar-refractivity contribution in [2.24, 2.45) is 0 Å². The Bertz CT molecular complexity index is 988. The third kappa shape index (κ3) is 4.91. The molecule has 0 unspecified atom stereocenters. The van der Waals surface area contributed by atoms with Gasteiger partial charge in [-0.05, 0) is 48.5 Å². The van der Waals surface area contributed by atoms with Crippen LogP contribution < -0.4 is 15.4 Å². The first-order valence-corrected chi connectivity index (χ1v) is 8.72. The largest absolute Gasteiger partial charge is 0.457 e. The van der Waals surface area contributed by atoms with Crippen molar-refractivity contribution in [3.05, 3.63) is 86.9 Å². The molecule has 0 saturated carbocycles. The van der Waals surface area contributed by atoms with Crippen LogP contribution in [0, 0.1) is 10.1 Å². The number of nitrogens with zero attached hydrogens (tertiary/aromatic N) is 1. The number of hydrogen-bond donors (Lipinski definition) is 2. The van der Waals surface area contributed by atoms with Gasteiger partial charge in [-0.25, -0.2) is 4.79 Å². The summed E-state index contributed by atoms with van der Waals surface area (Å²) in [4.78, 5) is 22.3. The van der Waals surface area contributed by atoms with E-state index < -0.39 is 11.0 Å². The van der Waals surface area contributed by atoms with E-state index in [-0.39, 0.29) is 5.69 Å². The normalized spacial score (nSPS) is 10.2. The summed E-state index contributed by atoms with van der Waals surface area (Å²) in [5.74, 6) is 0.964. The fourth-order valence-electron chi connectivity index (χ4n) is 2.27. The summed E-state index contributed by atoms with van der Waals surface area (Å²) in [6, 6.07) is 16.7. The summed E-state index contributed by atoms with van der Waals surface area (Å²) in [5.41, 5.74) is 0.828. The second-order valence-electron chi connectivity index (χ2n) is 5.55. The molecule has 9 heteroatoms. The summed E-state index contributed by atoms with van der Waals surface area (Å²) in [5, 5.41) is 16.6. The fraction of sp³-hybridized carbons (Fsp3) is 0. The zero-order valence-electron chi connectivity index (χ0n) is 14.2. The van der Waals surface area contributed by atoms with E-state index >= 15 is 0 Å². The maximum atomic E-state index is 12.1. The third-order valence-corrected chi connectivity index (χ3v) is 4.23. The van der Waals surface area contributed by atoms with Gasteiger partial charge in [-0.1, -0.05) is 29.3 Å². The van der Waals surface area contributed by atoms with Crippen molar-refractivity contribution in [1.29, 1.82) is 0 Å². The van der Waals surface area contributed by atoms with Crippen LogP contribution in [0.5, 0.6) is 11.5 Å². The van der Waals surface area contributed by atoms with Crippen LogP contribution >= 0.6 is 23.2 Å². The van der Waals surface area contributed by atoms with Crippen molar-refractivity contribution in [3.8, 4) is 11.5 Å². The highest BCUT2D eigenvalue weighted by Gasteiger charge is 2.10. The Morgan fingerprint density at radius 1 is 0.857 bits per heavy atom. The van der Waals surface area contributed by atoms with Gasteiger partial charge in [-0.3, -0.25) is 10.1 Å². The molecule has 0 radical (unpaired) electrons. The molecule has 3 aromatic carbocycles. The first-order chi connectivity index (χ1) is 13.4. The van der Waals surface area contributed by atoms with Gasteiger partial charge in [0.2, 0.25) is 0 Å². The van der Waals surface area contributed by atoms with Crippen LogP contribution in [-0.2, 0) is 0 Å². The number of ether oxygens (including phenoxy) is 1. The van der Waals surface area contributed by atoms with Crippen molar-refractivity contribution in [1.82, 2.24) is 0 Å². The maximum Gasteiger partial charge on any atom is 0.323 e. The molecule has 3 aromatic rings. The summed E-state index contributed by atoms with van der Waals surface area (Å²) >= 11 is 12.0. The Kier molecular flexibility index (Phi) is 5.98. The average molecular weight is 418 g/mol. The lowest BCUT2D eigenvalue weighted by Gasteiger charge is -2.11. The summed E-state index contributed by atoms with van der Waals surface area (Å²) < 4.78 is 5.61. The number of para-hydroxylation sites is 1. The highest BCUT2D eigenvalue weighted by atomic mass is 35.5. The van der Waals surface area contributed by atoms with E-state index in [1.54, 1.807) is 42.5 Å². The minimum Gasteiger partial charge on any atom is -0.457 e. The fourth-order valence-corrected chi connectivity index (χ4v) is 2.76. The van der Waals surface area contributed by atoms with Crippen LogP contribution in [0.4, 0.5) is 21.9 Å². The molecule has 0 atom stereocenters. The molecule has 2 amide bonds. The Morgan fingerprint density at radius 3 is 1.93 bits per heavy atom. The van der Waals surface area contributed by atoms with Crippen LogP contribution in [0.3, 0.4) is 0 Å². The molecular formula is C19H13Cl2N3O4. The number of carbonyl (C=O) groups is 1. The standard InChI is InChI=1S/C19H13Cl2N3O4/c20-16-2-1-3-17(21)18(16)23-19(25)22-12-4-8-14(9-5-12)28-15-10-6-13(7-11-15)24(26)27/h1-11H,(H2,22,23,25). The number of benzene rings is 3. The molecule has 3 rings (SSSR count). The van der Waals surface area contributed by atoms with Crippen LogP contribution in [0.25, 0.3) is 0 Å². The summed E-state index contributed by atoms with van der Waals surface area (Å²) in [7, 11) is 0. The first kappa shape index (κ1) is 19.5. The Balaban J connectivity index is 1.61.